The predicted molar refractivity (Wildman–Crippen MR) is 133 cm³/mol. The van der Waals surface area contributed by atoms with Crippen molar-refractivity contribution in [1.82, 2.24) is 10.6 Å². The molecule has 0 saturated carbocycles. The summed E-state index contributed by atoms with van der Waals surface area (Å²) in [7, 11) is 0. The minimum Gasteiger partial charge on any atom is -0.484 e. The summed E-state index contributed by atoms with van der Waals surface area (Å²) in [5, 5.41) is 5.85. The van der Waals surface area contributed by atoms with Gasteiger partial charge in [0, 0.05) is 21.9 Å². The van der Waals surface area contributed by atoms with Crippen molar-refractivity contribution >= 4 is 23.6 Å². The van der Waals surface area contributed by atoms with Gasteiger partial charge in [0.25, 0.3) is 11.8 Å². The van der Waals surface area contributed by atoms with Gasteiger partial charge < -0.3 is 20.1 Å². The van der Waals surface area contributed by atoms with Crippen LogP contribution in [0.15, 0.2) is 58.3 Å². The number of benzene rings is 2. The van der Waals surface area contributed by atoms with Crippen LogP contribution >= 0.6 is 11.8 Å². The first-order chi connectivity index (χ1) is 15.9. The third-order valence-corrected chi connectivity index (χ3v) is 5.90. The highest BCUT2D eigenvalue weighted by Gasteiger charge is 2.09. The van der Waals surface area contributed by atoms with Crippen molar-refractivity contribution in [3.63, 3.8) is 0 Å². The topological polar surface area (TPSA) is 76.7 Å². The Bertz CT molecular complexity index is 784. The standard InChI is InChI=1S/C26H36N2O4S/c1-5-7-19(3)27-25(29)17-31-21-9-13-23(14-10-21)33-24-15-11-22(12-16-24)32-18-26(30)28-20(4)8-6-2/h9-16,19-20H,5-8,17-18H2,1-4H3,(H,27,29)(H,28,30)/t19-,20-/m1/s1. The van der Waals surface area contributed by atoms with E-state index < -0.39 is 0 Å². The lowest BCUT2D eigenvalue weighted by atomic mass is 10.2. The smallest absolute Gasteiger partial charge is 0.258 e. The molecule has 2 amide bonds. The molecule has 0 aliphatic carbocycles. The molecule has 0 bridgehead atoms. The summed E-state index contributed by atoms with van der Waals surface area (Å²) < 4.78 is 11.2. The fraction of sp³-hybridized carbons (Fsp3) is 0.462. The molecule has 180 valence electrons. The van der Waals surface area contributed by atoms with E-state index in [9.17, 15) is 9.59 Å². The Kier molecular flexibility index (Phi) is 11.7. The van der Waals surface area contributed by atoms with Gasteiger partial charge in [0.05, 0.1) is 0 Å². The molecule has 2 aromatic rings. The molecule has 2 rings (SSSR count). The molecule has 0 aliphatic rings. The Hall–Kier alpha value is -2.67. The minimum atomic E-state index is -0.107. The van der Waals surface area contributed by atoms with Gasteiger partial charge in [-0.3, -0.25) is 9.59 Å². The molecular formula is C26H36N2O4S. The first-order valence-electron chi connectivity index (χ1n) is 11.6. The number of ether oxygens (including phenoxy) is 2. The quantitative estimate of drug-likeness (QED) is 0.395. The Morgan fingerprint density at radius 1 is 0.727 bits per heavy atom. The van der Waals surface area contributed by atoms with Crippen LogP contribution in [0, 0.1) is 0 Å². The second-order valence-corrected chi connectivity index (χ2v) is 9.28. The maximum Gasteiger partial charge on any atom is 0.258 e. The molecule has 33 heavy (non-hydrogen) atoms. The van der Waals surface area contributed by atoms with Crippen LogP contribution in [-0.4, -0.2) is 37.1 Å². The monoisotopic (exact) mass is 472 g/mol. The first-order valence-corrected chi connectivity index (χ1v) is 12.4. The van der Waals surface area contributed by atoms with Gasteiger partial charge in [-0.1, -0.05) is 38.5 Å². The number of amides is 2. The summed E-state index contributed by atoms with van der Waals surface area (Å²) in [6, 6.07) is 15.6. The van der Waals surface area contributed by atoms with Crippen molar-refractivity contribution in [3.05, 3.63) is 48.5 Å². The molecule has 2 atom stereocenters. The number of carbonyl (C=O) groups is 2. The fourth-order valence-corrected chi connectivity index (χ4v) is 4.10. The van der Waals surface area contributed by atoms with E-state index in [-0.39, 0.29) is 37.1 Å². The van der Waals surface area contributed by atoms with Crippen LogP contribution in [-0.2, 0) is 9.59 Å². The van der Waals surface area contributed by atoms with Crippen molar-refractivity contribution in [2.45, 2.75) is 75.3 Å². The van der Waals surface area contributed by atoms with Crippen molar-refractivity contribution in [2.24, 2.45) is 0 Å². The van der Waals surface area contributed by atoms with E-state index in [1.54, 1.807) is 11.8 Å². The number of carbonyl (C=O) groups excluding carboxylic acids is 2. The average Bonchev–Trinajstić information content (AvgIpc) is 2.78. The SMILES string of the molecule is CCC[C@@H](C)NC(=O)COc1ccc(Sc2ccc(OCC(=O)N[C@H](C)CCC)cc2)cc1. The van der Waals surface area contributed by atoms with E-state index in [2.05, 4.69) is 24.5 Å². The summed E-state index contributed by atoms with van der Waals surface area (Å²) in [6.07, 6.45) is 3.98. The van der Waals surface area contributed by atoms with E-state index in [4.69, 9.17) is 9.47 Å². The molecule has 0 aliphatic heterocycles. The van der Waals surface area contributed by atoms with Gasteiger partial charge in [0.1, 0.15) is 11.5 Å². The number of hydrogen-bond acceptors (Lipinski definition) is 5. The molecular weight excluding hydrogens is 436 g/mol. The highest BCUT2D eigenvalue weighted by Crippen LogP contribution is 2.30. The normalized spacial score (nSPS) is 12.5. The Morgan fingerprint density at radius 3 is 1.42 bits per heavy atom. The zero-order chi connectivity index (χ0) is 24.1. The summed E-state index contributed by atoms with van der Waals surface area (Å²) in [5.74, 6) is 1.11. The molecule has 0 aromatic heterocycles. The predicted octanol–water partition coefficient (Wildman–Crippen LogP) is 5.21. The zero-order valence-corrected chi connectivity index (χ0v) is 20.9. The van der Waals surface area contributed by atoms with Gasteiger partial charge in [-0.2, -0.15) is 0 Å². The van der Waals surface area contributed by atoms with Crippen LogP contribution in [0.4, 0.5) is 0 Å². The zero-order valence-electron chi connectivity index (χ0n) is 20.1. The maximum atomic E-state index is 11.9. The van der Waals surface area contributed by atoms with Gasteiger partial charge in [-0.05, 0) is 75.2 Å². The molecule has 0 heterocycles. The lowest BCUT2D eigenvalue weighted by Crippen LogP contribution is -2.35. The average molecular weight is 473 g/mol. The second kappa shape index (κ2) is 14.5. The summed E-state index contributed by atoms with van der Waals surface area (Å²) >= 11 is 1.61. The van der Waals surface area contributed by atoms with Crippen LogP contribution in [0.3, 0.4) is 0 Å². The highest BCUT2D eigenvalue weighted by atomic mass is 32.2. The third kappa shape index (κ3) is 10.7. The number of nitrogens with one attached hydrogen (secondary N) is 2. The Labute approximate surface area is 201 Å². The molecule has 2 aromatic carbocycles. The summed E-state index contributed by atoms with van der Waals surface area (Å²) in [5.41, 5.74) is 0. The minimum absolute atomic E-state index is 0.0115. The number of hydrogen-bond donors (Lipinski definition) is 2. The van der Waals surface area contributed by atoms with E-state index in [1.807, 2.05) is 62.4 Å². The Morgan fingerprint density at radius 2 is 1.09 bits per heavy atom. The van der Waals surface area contributed by atoms with Gasteiger partial charge in [0.15, 0.2) is 13.2 Å². The lowest BCUT2D eigenvalue weighted by Gasteiger charge is -2.13. The van der Waals surface area contributed by atoms with Crippen LogP contribution in [0.1, 0.15) is 53.4 Å². The lowest BCUT2D eigenvalue weighted by molar-refractivity contribution is -0.124. The molecule has 0 fully saturated rings. The molecule has 2 N–H and O–H groups in total. The summed E-state index contributed by atoms with van der Waals surface area (Å²) in [6.45, 7) is 8.21. The van der Waals surface area contributed by atoms with Gasteiger partial charge in [-0.25, -0.2) is 0 Å². The molecule has 0 saturated heterocycles. The first kappa shape index (κ1) is 26.6. The van der Waals surface area contributed by atoms with E-state index in [0.29, 0.717) is 11.5 Å². The third-order valence-electron chi connectivity index (χ3n) is 4.88. The fourth-order valence-electron chi connectivity index (χ4n) is 3.29. The van der Waals surface area contributed by atoms with Gasteiger partial charge in [-0.15, -0.1) is 0 Å². The van der Waals surface area contributed by atoms with E-state index in [0.717, 1.165) is 35.5 Å². The van der Waals surface area contributed by atoms with E-state index >= 15 is 0 Å². The highest BCUT2D eigenvalue weighted by molar-refractivity contribution is 7.99. The van der Waals surface area contributed by atoms with Crippen molar-refractivity contribution in [3.8, 4) is 11.5 Å². The molecule has 0 spiro atoms. The molecule has 7 heteroatoms. The Balaban J connectivity index is 1.76. The summed E-state index contributed by atoms with van der Waals surface area (Å²) in [4.78, 5) is 26.0. The number of rotatable bonds is 14. The molecule has 6 nitrogen and oxygen atoms in total. The van der Waals surface area contributed by atoms with Crippen molar-refractivity contribution in [1.29, 1.82) is 0 Å². The van der Waals surface area contributed by atoms with Gasteiger partial charge in [0.2, 0.25) is 0 Å². The van der Waals surface area contributed by atoms with Gasteiger partial charge >= 0.3 is 0 Å². The van der Waals surface area contributed by atoms with Crippen LogP contribution in [0.5, 0.6) is 11.5 Å². The molecule has 0 radical (unpaired) electrons. The van der Waals surface area contributed by atoms with E-state index in [1.165, 1.54) is 0 Å². The van der Waals surface area contributed by atoms with Crippen LogP contribution in [0.2, 0.25) is 0 Å². The van der Waals surface area contributed by atoms with Crippen molar-refractivity contribution in [2.75, 3.05) is 13.2 Å². The maximum absolute atomic E-state index is 11.9. The molecule has 0 unspecified atom stereocenters. The van der Waals surface area contributed by atoms with Crippen LogP contribution < -0.4 is 20.1 Å². The van der Waals surface area contributed by atoms with Crippen molar-refractivity contribution < 1.29 is 19.1 Å². The van der Waals surface area contributed by atoms with Crippen LogP contribution in [0.25, 0.3) is 0 Å². The second-order valence-electron chi connectivity index (χ2n) is 8.14. The largest absolute Gasteiger partial charge is 0.484 e.